The van der Waals surface area contributed by atoms with E-state index in [1.54, 1.807) is 6.92 Å². The lowest BCUT2D eigenvalue weighted by Gasteiger charge is -1.81. The first-order valence-electron chi connectivity index (χ1n) is 4.48. The quantitative estimate of drug-likeness (QED) is 0.627. The maximum absolute atomic E-state index is 10.2. The highest BCUT2D eigenvalue weighted by Crippen LogP contribution is 1.83. The minimum atomic E-state index is 0.0231. The van der Waals surface area contributed by atoms with Crippen LogP contribution in [0.1, 0.15) is 40.0 Å². The first-order chi connectivity index (χ1) is 6.12. The van der Waals surface area contributed by atoms with Crippen LogP contribution in [0.3, 0.4) is 0 Å². The van der Waals surface area contributed by atoms with Crippen LogP contribution >= 0.6 is 0 Å². The van der Waals surface area contributed by atoms with E-state index in [9.17, 15) is 9.59 Å². The zero-order valence-corrected chi connectivity index (χ0v) is 8.59. The molecule has 0 unspecified atom stereocenters. The SMILES string of the molecule is CCC(=O)CC.[C-]#[N+]CC(=O)CC. The topological polar surface area (TPSA) is 38.5 Å². The van der Waals surface area contributed by atoms with Crippen LogP contribution in [0.25, 0.3) is 4.85 Å². The van der Waals surface area contributed by atoms with E-state index in [-0.39, 0.29) is 12.3 Å². The summed E-state index contributed by atoms with van der Waals surface area (Å²) in [5.41, 5.74) is 0. The number of hydrogen-bond acceptors (Lipinski definition) is 2. The summed E-state index contributed by atoms with van der Waals surface area (Å²) in [4.78, 5) is 23.3. The molecule has 0 heterocycles. The second kappa shape index (κ2) is 10.8. The lowest BCUT2D eigenvalue weighted by molar-refractivity contribution is -0.118. The van der Waals surface area contributed by atoms with Gasteiger partial charge in [-0.25, -0.2) is 6.57 Å². The average Bonchev–Trinajstić information content (AvgIpc) is 2.18. The molecule has 0 rings (SSSR count). The fourth-order valence-corrected chi connectivity index (χ4v) is 0.450. The number of hydrogen-bond donors (Lipinski definition) is 0. The Kier molecular flexibility index (Phi) is 12.0. The molecule has 0 aliphatic heterocycles. The summed E-state index contributed by atoms with van der Waals surface area (Å²) in [6, 6.07) is 0. The Bertz CT molecular complexity index is 186. The molecule has 0 atom stereocenters. The van der Waals surface area contributed by atoms with Crippen molar-refractivity contribution in [2.24, 2.45) is 0 Å². The summed E-state index contributed by atoms with van der Waals surface area (Å²) in [5.74, 6) is 0.366. The second-order valence-corrected chi connectivity index (χ2v) is 2.45. The molecule has 0 aromatic heterocycles. The summed E-state index contributed by atoms with van der Waals surface area (Å²) < 4.78 is 0. The van der Waals surface area contributed by atoms with Crippen molar-refractivity contribution in [1.29, 1.82) is 0 Å². The maximum Gasteiger partial charge on any atom is 0.272 e. The van der Waals surface area contributed by atoms with Crippen molar-refractivity contribution in [2.75, 3.05) is 6.54 Å². The van der Waals surface area contributed by atoms with Gasteiger partial charge in [0.05, 0.1) is 0 Å². The minimum absolute atomic E-state index is 0.0231. The number of carbonyl (C=O) groups excluding carboxylic acids is 2. The molecule has 0 bridgehead atoms. The molecule has 74 valence electrons. The normalized spacial score (nSPS) is 7.85. The lowest BCUT2D eigenvalue weighted by atomic mass is 10.3. The van der Waals surface area contributed by atoms with Crippen molar-refractivity contribution in [1.82, 2.24) is 0 Å². The zero-order valence-electron chi connectivity index (χ0n) is 8.59. The largest absolute Gasteiger partial charge is 0.309 e. The lowest BCUT2D eigenvalue weighted by Crippen LogP contribution is -1.96. The van der Waals surface area contributed by atoms with Crippen LogP contribution in [0.2, 0.25) is 0 Å². The standard InChI is InChI=1S/C5H7NO.C5H10O/c1-3-5(7)4-6-2;1-3-5(6)4-2/h3-4H2,1H3;3-4H2,1-2H3. The highest BCUT2D eigenvalue weighted by Gasteiger charge is 1.96. The van der Waals surface area contributed by atoms with E-state index < -0.39 is 0 Å². The number of rotatable bonds is 4. The van der Waals surface area contributed by atoms with Crippen molar-refractivity contribution >= 4 is 11.6 Å². The average molecular weight is 183 g/mol. The van der Waals surface area contributed by atoms with Gasteiger partial charge < -0.3 is 4.85 Å². The van der Waals surface area contributed by atoms with E-state index in [0.717, 1.165) is 0 Å². The van der Waals surface area contributed by atoms with E-state index in [0.29, 0.717) is 25.0 Å². The van der Waals surface area contributed by atoms with Crippen LogP contribution < -0.4 is 0 Å². The molecule has 0 aromatic rings. The third-order valence-electron chi connectivity index (χ3n) is 1.44. The van der Waals surface area contributed by atoms with Gasteiger partial charge >= 0.3 is 0 Å². The number of Topliss-reactive ketones (excluding diaryl/α,β-unsaturated/α-hetero) is 2. The third kappa shape index (κ3) is 13.8. The van der Waals surface area contributed by atoms with Crippen LogP contribution in [0, 0.1) is 6.57 Å². The molecule has 0 aromatic carbocycles. The first-order valence-corrected chi connectivity index (χ1v) is 4.48. The highest BCUT2D eigenvalue weighted by molar-refractivity contribution is 5.81. The number of ketones is 2. The predicted octanol–water partition coefficient (Wildman–Crippen LogP) is 2.26. The smallest absolute Gasteiger partial charge is 0.272 e. The van der Waals surface area contributed by atoms with Crippen LogP contribution in [-0.2, 0) is 9.59 Å². The van der Waals surface area contributed by atoms with Gasteiger partial charge in [-0.05, 0) is 0 Å². The molecular weight excluding hydrogens is 166 g/mol. The Labute approximate surface area is 80.0 Å². The minimum Gasteiger partial charge on any atom is -0.309 e. The van der Waals surface area contributed by atoms with Crippen LogP contribution in [0.15, 0.2) is 0 Å². The van der Waals surface area contributed by atoms with E-state index in [2.05, 4.69) is 4.85 Å². The molecule has 3 heteroatoms. The van der Waals surface area contributed by atoms with Crippen molar-refractivity contribution in [3.05, 3.63) is 11.4 Å². The molecule has 0 amide bonds. The van der Waals surface area contributed by atoms with Gasteiger partial charge in [0.1, 0.15) is 5.78 Å². The van der Waals surface area contributed by atoms with Crippen LogP contribution in [0.4, 0.5) is 0 Å². The number of carbonyl (C=O) groups is 2. The Balaban J connectivity index is 0. The Morgan fingerprint density at radius 3 is 1.46 bits per heavy atom. The van der Waals surface area contributed by atoms with Gasteiger partial charge in [-0.3, -0.25) is 9.59 Å². The van der Waals surface area contributed by atoms with Crippen molar-refractivity contribution < 1.29 is 9.59 Å². The molecule has 0 aliphatic carbocycles. The van der Waals surface area contributed by atoms with E-state index >= 15 is 0 Å². The summed E-state index contributed by atoms with van der Waals surface area (Å²) in [7, 11) is 0. The summed E-state index contributed by atoms with van der Waals surface area (Å²) in [5, 5.41) is 0. The molecule has 0 N–H and O–H groups in total. The fourth-order valence-electron chi connectivity index (χ4n) is 0.450. The van der Waals surface area contributed by atoms with Crippen LogP contribution in [-0.4, -0.2) is 18.1 Å². The van der Waals surface area contributed by atoms with Crippen molar-refractivity contribution in [2.45, 2.75) is 40.0 Å². The molecule has 3 nitrogen and oxygen atoms in total. The summed E-state index contributed by atoms with van der Waals surface area (Å²) in [6.45, 7) is 11.8. The monoisotopic (exact) mass is 183 g/mol. The molecule has 0 aliphatic rings. The fraction of sp³-hybridized carbons (Fsp3) is 0.700. The van der Waals surface area contributed by atoms with E-state index in [4.69, 9.17) is 6.57 Å². The number of nitrogens with zero attached hydrogens (tertiary/aromatic N) is 1. The van der Waals surface area contributed by atoms with Gasteiger partial charge in [0, 0.05) is 19.3 Å². The Morgan fingerprint density at radius 2 is 1.38 bits per heavy atom. The van der Waals surface area contributed by atoms with Gasteiger partial charge in [0.2, 0.25) is 5.78 Å². The van der Waals surface area contributed by atoms with Gasteiger partial charge in [-0.15, -0.1) is 0 Å². The van der Waals surface area contributed by atoms with Gasteiger partial charge in [0.25, 0.3) is 6.54 Å². The molecule has 13 heavy (non-hydrogen) atoms. The third-order valence-corrected chi connectivity index (χ3v) is 1.44. The van der Waals surface area contributed by atoms with Gasteiger partial charge in [0.15, 0.2) is 0 Å². The molecule has 0 saturated carbocycles. The van der Waals surface area contributed by atoms with Gasteiger partial charge in [-0.2, -0.15) is 0 Å². The Hall–Kier alpha value is -1.17. The second-order valence-electron chi connectivity index (χ2n) is 2.45. The summed E-state index contributed by atoms with van der Waals surface area (Å²) >= 11 is 0. The summed E-state index contributed by atoms with van der Waals surface area (Å²) in [6.07, 6.45) is 1.87. The molecule has 0 radical (unpaired) electrons. The molecule has 0 fully saturated rings. The zero-order chi connectivity index (χ0) is 10.7. The highest BCUT2D eigenvalue weighted by atomic mass is 16.1. The van der Waals surface area contributed by atoms with Crippen molar-refractivity contribution in [3.8, 4) is 0 Å². The molecule has 0 saturated heterocycles. The molecular formula is C10H17NO2. The van der Waals surface area contributed by atoms with Crippen molar-refractivity contribution in [3.63, 3.8) is 0 Å². The Morgan fingerprint density at radius 1 is 1.00 bits per heavy atom. The molecule has 0 spiro atoms. The predicted molar refractivity (Wildman–Crippen MR) is 52.4 cm³/mol. The van der Waals surface area contributed by atoms with E-state index in [1.807, 2.05) is 13.8 Å². The first kappa shape index (κ1) is 14.4. The van der Waals surface area contributed by atoms with Gasteiger partial charge in [-0.1, -0.05) is 20.8 Å². The van der Waals surface area contributed by atoms with Crippen LogP contribution in [0.5, 0.6) is 0 Å². The maximum atomic E-state index is 10.2. The van der Waals surface area contributed by atoms with E-state index in [1.165, 1.54) is 0 Å².